The summed E-state index contributed by atoms with van der Waals surface area (Å²) in [6.45, 7) is 2.81. The van der Waals surface area contributed by atoms with E-state index in [4.69, 9.17) is 0 Å². The lowest BCUT2D eigenvalue weighted by Crippen LogP contribution is -2.47. The van der Waals surface area contributed by atoms with Crippen molar-refractivity contribution in [3.8, 4) is 0 Å². The van der Waals surface area contributed by atoms with Crippen molar-refractivity contribution in [2.75, 3.05) is 19.6 Å². The van der Waals surface area contributed by atoms with Gasteiger partial charge in [0.2, 0.25) is 0 Å². The van der Waals surface area contributed by atoms with Gasteiger partial charge in [0.25, 0.3) is 0 Å². The quantitative estimate of drug-likeness (QED) is 0.863. The van der Waals surface area contributed by atoms with Gasteiger partial charge in [0.1, 0.15) is 0 Å². The van der Waals surface area contributed by atoms with Gasteiger partial charge in [-0.1, -0.05) is 12.1 Å². The molecule has 112 valence electrons. The van der Waals surface area contributed by atoms with Gasteiger partial charge in [-0.15, -0.1) is 0 Å². The van der Waals surface area contributed by atoms with Crippen LogP contribution in [0.3, 0.4) is 0 Å². The number of carbonyl (C=O) groups is 2. The van der Waals surface area contributed by atoms with Gasteiger partial charge in [0.05, 0.1) is 5.56 Å². The number of hydrogen-bond acceptors (Lipinski definition) is 2. The average Bonchev–Trinajstić information content (AvgIpc) is 2.53. The summed E-state index contributed by atoms with van der Waals surface area (Å²) < 4.78 is 0. The van der Waals surface area contributed by atoms with Crippen LogP contribution < -0.4 is 0 Å². The van der Waals surface area contributed by atoms with Crippen LogP contribution in [0.2, 0.25) is 0 Å². The third-order valence-electron chi connectivity index (χ3n) is 4.39. The van der Waals surface area contributed by atoms with Gasteiger partial charge >= 0.3 is 12.0 Å². The van der Waals surface area contributed by atoms with Crippen LogP contribution in [0.25, 0.3) is 0 Å². The minimum Gasteiger partial charge on any atom is -0.478 e. The number of amides is 2. The minimum atomic E-state index is -0.886. The Labute approximate surface area is 124 Å². The van der Waals surface area contributed by atoms with Gasteiger partial charge in [0.15, 0.2) is 0 Å². The largest absolute Gasteiger partial charge is 0.478 e. The van der Waals surface area contributed by atoms with Gasteiger partial charge in [-0.25, -0.2) is 9.59 Å². The molecule has 1 N–H and O–H groups in total. The average molecular weight is 288 g/mol. The summed E-state index contributed by atoms with van der Waals surface area (Å²) in [7, 11) is 0. The maximum absolute atomic E-state index is 12.5. The van der Waals surface area contributed by atoms with Crippen LogP contribution in [0, 0.1) is 0 Å². The van der Waals surface area contributed by atoms with Gasteiger partial charge in [-0.3, -0.25) is 0 Å². The molecule has 2 aliphatic heterocycles. The summed E-state index contributed by atoms with van der Waals surface area (Å²) in [4.78, 5) is 27.5. The summed E-state index contributed by atoms with van der Waals surface area (Å²) in [5.41, 5.74) is 2.22. The molecule has 21 heavy (non-hydrogen) atoms. The molecule has 3 rings (SSSR count). The zero-order valence-corrected chi connectivity index (χ0v) is 12.0. The maximum atomic E-state index is 12.5. The van der Waals surface area contributed by atoms with E-state index in [1.807, 2.05) is 15.9 Å². The number of rotatable bonds is 1. The van der Waals surface area contributed by atoms with Crippen LogP contribution in [-0.4, -0.2) is 46.5 Å². The topological polar surface area (TPSA) is 60.9 Å². The third kappa shape index (κ3) is 2.73. The highest BCUT2D eigenvalue weighted by atomic mass is 16.4. The molecule has 0 aromatic heterocycles. The van der Waals surface area contributed by atoms with Crippen LogP contribution in [-0.2, 0) is 13.0 Å². The highest BCUT2D eigenvalue weighted by molar-refractivity contribution is 5.90. The lowest BCUT2D eigenvalue weighted by molar-refractivity contribution is 0.0695. The Morgan fingerprint density at radius 1 is 1.00 bits per heavy atom. The van der Waals surface area contributed by atoms with Crippen LogP contribution in [0.15, 0.2) is 18.2 Å². The van der Waals surface area contributed by atoms with E-state index in [1.54, 1.807) is 12.1 Å². The molecule has 0 radical (unpaired) electrons. The Bertz CT molecular complexity index is 565. The van der Waals surface area contributed by atoms with E-state index in [0.717, 1.165) is 37.1 Å². The molecule has 0 bridgehead atoms. The molecule has 0 unspecified atom stereocenters. The predicted octanol–water partition coefficient (Wildman–Crippen LogP) is 2.35. The third-order valence-corrected chi connectivity index (χ3v) is 4.39. The summed E-state index contributed by atoms with van der Waals surface area (Å²) in [6.07, 6.45) is 3.99. The SMILES string of the molecule is O=C(O)c1cccc2c1CCN(C(=O)N1CCCCC1)C2. The molecule has 1 saturated heterocycles. The van der Waals surface area contributed by atoms with E-state index in [1.165, 1.54) is 6.42 Å². The first kappa shape index (κ1) is 13.9. The van der Waals surface area contributed by atoms with E-state index < -0.39 is 5.97 Å². The fourth-order valence-electron chi connectivity index (χ4n) is 3.26. The van der Waals surface area contributed by atoms with Crippen LogP contribution in [0.4, 0.5) is 4.79 Å². The van der Waals surface area contributed by atoms with Crippen molar-refractivity contribution in [3.63, 3.8) is 0 Å². The smallest absolute Gasteiger partial charge is 0.335 e. The molecular weight excluding hydrogens is 268 g/mol. The number of nitrogens with zero attached hydrogens (tertiary/aromatic N) is 2. The summed E-state index contributed by atoms with van der Waals surface area (Å²) in [6, 6.07) is 5.43. The molecule has 5 nitrogen and oxygen atoms in total. The second kappa shape index (κ2) is 5.76. The molecule has 0 aliphatic carbocycles. The number of carbonyl (C=O) groups excluding carboxylic acids is 1. The van der Waals surface area contributed by atoms with E-state index in [2.05, 4.69) is 0 Å². The Morgan fingerprint density at radius 2 is 1.76 bits per heavy atom. The van der Waals surface area contributed by atoms with E-state index in [0.29, 0.717) is 25.1 Å². The minimum absolute atomic E-state index is 0.0982. The number of piperidine rings is 1. The van der Waals surface area contributed by atoms with Crippen molar-refractivity contribution in [2.45, 2.75) is 32.2 Å². The first-order valence-electron chi connectivity index (χ1n) is 7.55. The first-order chi connectivity index (χ1) is 10.2. The molecule has 1 aromatic rings. The second-order valence-corrected chi connectivity index (χ2v) is 5.75. The number of urea groups is 1. The van der Waals surface area contributed by atoms with Crippen molar-refractivity contribution >= 4 is 12.0 Å². The number of aromatic carboxylic acids is 1. The monoisotopic (exact) mass is 288 g/mol. The number of carboxylic acids is 1. The number of carboxylic acid groups (broad SMARTS) is 1. The molecule has 5 heteroatoms. The first-order valence-corrected chi connectivity index (χ1v) is 7.55. The van der Waals surface area contributed by atoms with Crippen molar-refractivity contribution < 1.29 is 14.7 Å². The Balaban J connectivity index is 1.77. The Hall–Kier alpha value is -2.04. The van der Waals surface area contributed by atoms with Gasteiger partial charge in [-0.2, -0.15) is 0 Å². The fourth-order valence-corrected chi connectivity index (χ4v) is 3.26. The van der Waals surface area contributed by atoms with E-state index >= 15 is 0 Å². The highest BCUT2D eigenvalue weighted by Crippen LogP contribution is 2.24. The number of fused-ring (bicyclic) bond motifs is 1. The summed E-state index contributed by atoms with van der Waals surface area (Å²) in [5.74, 6) is -0.886. The maximum Gasteiger partial charge on any atom is 0.335 e. The van der Waals surface area contributed by atoms with Crippen molar-refractivity contribution in [1.82, 2.24) is 9.80 Å². The molecule has 1 fully saturated rings. The fraction of sp³-hybridized carbons (Fsp3) is 0.500. The second-order valence-electron chi connectivity index (χ2n) is 5.75. The zero-order valence-electron chi connectivity index (χ0n) is 12.0. The Morgan fingerprint density at radius 3 is 2.48 bits per heavy atom. The standard InChI is InChI=1S/C16H20N2O3/c19-15(20)14-6-4-5-12-11-18(10-7-13(12)14)16(21)17-8-2-1-3-9-17/h4-6H,1-3,7-11H2,(H,19,20). The highest BCUT2D eigenvalue weighted by Gasteiger charge is 2.27. The van der Waals surface area contributed by atoms with Crippen molar-refractivity contribution in [1.29, 1.82) is 0 Å². The molecule has 2 amide bonds. The Kier molecular flexibility index (Phi) is 3.82. The van der Waals surface area contributed by atoms with Gasteiger partial charge in [0, 0.05) is 26.2 Å². The molecule has 0 saturated carbocycles. The molecule has 1 aromatic carbocycles. The lowest BCUT2D eigenvalue weighted by atomic mass is 9.94. The summed E-state index contributed by atoms with van der Waals surface area (Å²) in [5, 5.41) is 9.23. The van der Waals surface area contributed by atoms with Crippen molar-refractivity contribution in [2.24, 2.45) is 0 Å². The lowest BCUT2D eigenvalue weighted by Gasteiger charge is -2.36. The van der Waals surface area contributed by atoms with Gasteiger partial charge < -0.3 is 14.9 Å². The predicted molar refractivity (Wildman–Crippen MR) is 78.3 cm³/mol. The number of likely N-dealkylation sites (tertiary alicyclic amines) is 1. The molecule has 0 atom stereocenters. The normalized spacial score (nSPS) is 18.3. The van der Waals surface area contributed by atoms with Crippen LogP contribution >= 0.6 is 0 Å². The van der Waals surface area contributed by atoms with Gasteiger partial charge in [-0.05, 0) is 42.9 Å². The summed E-state index contributed by atoms with van der Waals surface area (Å²) >= 11 is 0. The van der Waals surface area contributed by atoms with Crippen molar-refractivity contribution in [3.05, 3.63) is 34.9 Å². The molecule has 0 spiro atoms. The number of hydrogen-bond donors (Lipinski definition) is 1. The zero-order chi connectivity index (χ0) is 14.8. The van der Waals surface area contributed by atoms with E-state index in [-0.39, 0.29) is 6.03 Å². The molecular formula is C16H20N2O3. The molecule has 2 heterocycles. The number of benzene rings is 1. The van der Waals surface area contributed by atoms with E-state index in [9.17, 15) is 14.7 Å². The molecule has 2 aliphatic rings. The van der Waals surface area contributed by atoms with Crippen LogP contribution in [0.1, 0.15) is 40.7 Å². The van der Waals surface area contributed by atoms with Crippen LogP contribution in [0.5, 0.6) is 0 Å².